The Kier molecular flexibility index (Phi) is 8.42. The molecule has 0 aliphatic heterocycles. The molecule has 0 saturated heterocycles. The van der Waals surface area contributed by atoms with Crippen molar-refractivity contribution in [1.29, 1.82) is 0 Å². The quantitative estimate of drug-likeness (QED) is 0.159. The first kappa shape index (κ1) is 26.2. The highest BCUT2D eigenvalue weighted by molar-refractivity contribution is 7.99. The molecule has 0 aliphatic carbocycles. The minimum Gasteiger partial charge on any atom is -0.496 e. The van der Waals surface area contributed by atoms with Gasteiger partial charge in [0.2, 0.25) is 5.91 Å². The molecule has 2 heterocycles. The Morgan fingerprint density at radius 2 is 1.86 bits per heavy atom. The van der Waals surface area contributed by atoms with E-state index in [1.54, 1.807) is 13.2 Å². The lowest BCUT2D eigenvalue weighted by molar-refractivity contribution is -0.113. The van der Waals surface area contributed by atoms with Gasteiger partial charge in [0.05, 0.1) is 25.5 Å². The number of nitrogens with one attached hydrogen (secondary N) is 1. The normalized spacial score (nSPS) is 10.7. The first-order valence-corrected chi connectivity index (χ1v) is 13.2. The van der Waals surface area contributed by atoms with Crippen LogP contribution in [-0.2, 0) is 16.1 Å². The van der Waals surface area contributed by atoms with Crippen LogP contribution >= 0.6 is 23.1 Å². The maximum absolute atomic E-state index is 12.9. The van der Waals surface area contributed by atoms with Gasteiger partial charge in [0.15, 0.2) is 11.0 Å². The number of hydrogen-bond donors (Lipinski definition) is 1. The third-order valence-electron chi connectivity index (χ3n) is 5.50. The van der Waals surface area contributed by atoms with Crippen molar-refractivity contribution < 1.29 is 19.1 Å². The average Bonchev–Trinajstić information content (AvgIpc) is 3.51. The van der Waals surface area contributed by atoms with Crippen LogP contribution in [0.15, 0.2) is 71.7 Å². The second-order valence-corrected chi connectivity index (χ2v) is 9.78. The molecule has 2 aromatic carbocycles. The Morgan fingerprint density at radius 3 is 2.57 bits per heavy atom. The fourth-order valence-corrected chi connectivity index (χ4v) is 5.43. The molecular weight excluding hydrogens is 508 g/mol. The van der Waals surface area contributed by atoms with Crippen molar-refractivity contribution in [2.45, 2.75) is 18.6 Å². The Bertz CT molecular complexity index is 1430. The number of anilines is 1. The second-order valence-electron chi connectivity index (χ2n) is 7.95. The molecule has 0 spiro atoms. The fraction of sp³-hybridized carbons (Fsp3) is 0.185. The van der Waals surface area contributed by atoms with Crippen molar-refractivity contribution in [3.05, 3.63) is 77.7 Å². The lowest BCUT2D eigenvalue weighted by Gasteiger charge is -2.11. The van der Waals surface area contributed by atoms with Crippen LogP contribution in [0.3, 0.4) is 0 Å². The summed E-state index contributed by atoms with van der Waals surface area (Å²) in [5.41, 5.74) is 3.83. The highest BCUT2D eigenvalue weighted by Crippen LogP contribution is 2.37. The van der Waals surface area contributed by atoms with Crippen LogP contribution in [0, 0.1) is 6.92 Å². The summed E-state index contributed by atoms with van der Waals surface area (Å²) in [6.45, 7) is 6.29. The Hall–Kier alpha value is -3.89. The number of thioether (sulfide) groups is 1. The van der Waals surface area contributed by atoms with Crippen LogP contribution in [0.4, 0.5) is 5.00 Å². The van der Waals surface area contributed by atoms with E-state index in [1.807, 2.05) is 65.4 Å². The molecule has 1 N–H and O–H groups in total. The Balaban J connectivity index is 1.53. The van der Waals surface area contributed by atoms with Crippen LogP contribution in [-0.4, -0.2) is 46.6 Å². The van der Waals surface area contributed by atoms with Crippen molar-refractivity contribution in [3.63, 3.8) is 0 Å². The molecule has 0 fully saturated rings. The highest BCUT2D eigenvalue weighted by atomic mass is 32.2. The van der Waals surface area contributed by atoms with Gasteiger partial charge in [-0.2, -0.15) is 0 Å². The molecule has 10 heteroatoms. The summed E-state index contributed by atoms with van der Waals surface area (Å²) in [6.07, 6.45) is 1.74. The standard InChI is InChI=1S/C27H26N4O4S2/c1-5-14-31-24(19-8-6-7-9-21(19)34-3)29-30-27(31)37-16-22(32)28-25-23(26(33)35-4)20(15-36-25)18-12-10-17(2)11-13-18/h5-13,15H,1,14,16H2,2-4H3,(H,28,32). The smallest absolute Gasteiger partial charge is 0.341 e. The molecular formula is C27H26N4O4S2. The van der Waals surface area contributed by atoms with E-state index in [0.717, 1.165) is 16.7 Å². The minimum absolute atomic E-state index is 0.0690. The van der Waals surface area contributed by atoms with Crippen LogP contribution < -0.4 is 10.1 Å². The lowest BCUT2D eigenvalue weighted by atomic mass is 10.0. The number of amides is 1. The monoisotopic (exact) mass is 534 g/mol. The summed E-state index contributed by atoms with van der Waals surface area (Å²) in [5, 5.41) is 14.4. The van der Waals surface area contributed by atoms with Gasteiger partial charge < -0.3 is 14.8 Å². The molecule has 0 radical (unpaired) electrons. The van der Waals surface area contributed by atoms with Crippen LogP contribution in [0.2, 0.25) is 0 Å². The Labute approximate surface area is 223 Å². The SMILES string of the molecule is C=CCn1c(SCC(=O)Nc2scc(-c3ccc(C)cc3)c2C(=O)OC)nnc1-c1ccccc1OC. The summed E-state index contributed by atoms with van der Waals surface area (Å²) >= 11 is 2.53. The van der Waals surface area contributed by atoms with Gasteiger partial charge in [0.1, 0.15) is 16.3 Å². The summed E-state index contributed by atoms with van der Waals surface area (Å²) in [4.78, 5) is 25.5. The van der Waals surface area contributed by atoms with E-state index in [-0.39, 0.29) is 11.7 Å². The van der Waals surface area contributed by atoms with Gasteiger partial charge in [0.25, 0.3) is 0 Å². The number of aryl methyl sites for hydroxylation is 1. The average molecular weight is 535 g/mol. The van der Waals surface area contributed by atoms with Gasteiger partial charge in [-0.3, -0.25) is 9.36 Å². The van der Waals surface area contributed by atoms with E-state index >= 15 is 0 Å². The van der Waals surface area contributed by atoms with E-state index in [9.17, 15) is 9.59 Å². The molecule has 8 nitrogen and oxygen atoms in total. The number of aromatic nitrogens is 3. The molecule has 0 atom stereocenters. The predicted molar refractivity (Wildman–Crippen MR) is 147 cm³/mol. The van der Waals surface area contributed by atoms with Gasteiger partial charge in [-0.15, -0.1) is 28.1 Å². The van der Waals surface area contributed by atoms with E-state index in [1.165, 1.54) is 30.2 Å². The van der Waals surface area contributed by atoms with Crippen LogP contribution in [0.5, 0.6) is 5.75 Å². The molecule has 4 aromatic rings. The van der Waals surface area contributed by atoms with E-state index in [4.69, 9.17) is 9.47 Å². The third-order valence-corrected chi connectivity index (χ3v) is 7.37. The van der Waals surface area contributed by atoms with Crippen molar-refractivity contribution in [2.24, 2.45) is 0 Å². The van der Waals surface area contributed by atoms with Gasteiger partial charge in [-0.05, 0) is 24.6 Å². The highest BCUT2D eigenvalue weighted by Gasteiger charge is 2.23. The zero-order valence-corrected chi connectivity index (χ0v) is 22.3. The largest absolute Gasteiger partial charge is 0.496 e. The van der Waals surface area contributed by atoms with Crippen LogP contribution in [0.25, 0.3) is 22.5 Å². The number of allylic oxidation sites excluding steroid dienone is 1. The van der Waals surface area contributed by atoms with Crippen molar-refractivity contribution in [2.75, 3.05) is 25.3 Å². The molecule has 0 unspecified atom stereocenters. The molecule has 0 saturated carbocycles. The van der Waals surface area contributed by atoms with Gasteiger partial charge in [0, 0.05) is 17.5 Å². The first-order chi connectivity index (χ1) is 18.0. The first-order valence-electron chi connectivity index (χ1n) is 11.3. The number of thiophene rings is 1. The maximum Gasteiger partial charge on any atom is 0.341 e. The van der Waals surface area contributed by atoms with E-state index in [2.05, 4.69) is 22.1 Å². The number of esters is 1. The molecule has 4 rings (SSSR count). The summed E-state index contributed by atoms with van der Waals surface area (Å²) < 4.78 is 12.4. The topological polar surface area (TPSA) is 95.3 Å². The number of hydrogen-bond acceptors (Lipinski definition) is 8. The number of ether oxygens (including phenoxy) is 2. The number of nitrogens with zero attached hydrogens (tertiary/aromatic N) is 3. The molecule has 37 heavy (non-hydrogen) atoms. The lowest BCUT2D eigenvalue weighted by Crippen LogP contribution is -2.16. The predicted octanol–water partition coefficient (Wildman–Crippen LogP) is 5.69. The van der Waals surface area contributed by atoms with Gasteiger partial charge in [-0.25, -0.2) is 4.79 Å². The third kappa shape index (κ3) is 5.76. The number of carbonyl (C=O) groups excluding carboxylic acids is 2. The minimum atomic E-state index is -0.507. The molecule has 0 bridgehead atoms. The number of benzene rings is 2. The van der Waals surface area contributed by atoms with E-state index in [0.29, 0.717) is 39.4 Å². The number of methoxy groups -OCH3 is 2. The summed E-state index contributed by atoms with van der Waals surface area (Å²) in [6, 6.07) is 15.4. The van der Waals surface area contributed by atoms with Gasteiger partial charge in [-0.1, -0.05) is 59.8 Å². The molecule has 1 amide bonds. The van der Waals surface area contributed by atoms with E-state index < -0.39 is 5.97 Å². The number of carbonyl (C=O) groups is 2. The van der Waals surface area contributed by atoms with Crippen molar-refractivity contribution in [1.82, 2.24) is 14.8 Å². The molecule has 190 valence electrons. The number of rotatable bonds is 10. The molecule has 2 aromatic heterocycles. The van der Waals surface area contributed by atoms with Crippen LogP contribution in [0.1, 0.15) is 15.9 Å². The maximum atomic E-state index is 12.9. The fourth-order valence-electron chi connectivity index (χ4n) is 3.71. The Morgan fingerprint density at radius 1 is 1.11 bits per heavy atom. The zero-order chi connectivity index (χ0) is 26.4. The van der Waals surface area contributed by atoms with Crippen molar-refractivity contribution >= 4 is 40.0 Å². The molecule has 0 aliphatic rings. The summed E-state index contributed by atoms with van der Waals surface area (Å²) in [5.74, 6) is 0.576. The zero-order valence-electron chi connectivity index (χ0n) is 20.7. The number of para-hydroxylation sites is 1. The summed E-state index contributed by atoms with van der Waals surface area (Å²) in [7, 11) is 2.93. The second kappa shape index (κ2) is 11.9. The van der Waals surface area contributed by atoms with Crippen molar-refractivity contribution in [3.8, 4) is 28.3 Å². The van der Waals surface area contributed by atoms with Gasteiger partial charge >= 0.3 is 5.97 Å².